The fourth-order valence-corrected chi connectivity index (χ4v) is 1.92. The van der Waals surface area contributed by atoms with Gasteiger partial charge in [-0.1, -0.05) is 0 Å². The molecule has 0 radical (unpaired) electrons. The fraction of sp³-hybridized carbons (Fsp3) is 0.455. The normalized spacial score (nSPS) is 19.2. The Morgan fingerprint density at radius 1 is 1.35 bits per heavy atom. The van der Waals surface area contributed by atoms with Gasteiger partial charge in [0.2, 0.25) is 0 Å². The molecule has 1 aliphatic rings. The van der Waals surface area contributed by atoms with E-state index in [-0.39, 0.29) is 30.0 Å². The summed E-state index contributed by atoms with van der Waals surface area (Å²) in [5, 5.41) is 3.11. The summed E-state index contributed by atoms with van der Waals surface area (Å²) in [4.78, 5) is 0. The second-order valence-corrected chi connectivity index (χ2v) is 3.71. The molecule has 0 bridgehead atoms. The molecule has 1 aromatic carbocycles. The molecule has 0 aliphatic carbocycles. The lowest BCUT2D eigenvalue weighted by Crippen LogP contribution is -2.14. The minimum Gasteiger partial charge on any atom is -0.435 e. The van der Waals surface area contributed by atoms with Crippen LogP contribution >= 0.6 is 12.4 Å². The van der Waals surface area contributed by atoms with Crippen LogP contribution in [0.5, 0.6) is 5.75 Å². The van der Waals surface area contributed by atoms with Gasteiger partial charge in [0, 0.05) is 11.6 Å². The van der Waals surface area contributed by atoms with Crippen molar-refractivity contribution in [1.29, 1.82) is 0 Å². The average molecular weight is 268 g/mol. The highest BCUT2D eigenvalue weighted by molar-refractivity contribution is 5.85. The fourth-order valence-electron chi connectivity index (χ4n) is 1.92. The number of nitrogens with one attached hydrogen (secondary N) is 1. The maximum Gasteiger partial charge on any atom is 0.387 e. The van der Waals surface area contributed by atoms with Crippen LogP contribution in [0.1, 0.15) is 24.4 Å². The first-order chi connectivity index (χ1) is 7.66. The Morgan fingerprint density at radius 3 is 2.71 bits per heavy atom. The number of hydrogen-bond donors (Lipinski definition) is 1. The van der Waals surface area contributed by atoms with Crippen LogP contribution in [-0.4, -0.2) is 13.2 Å². The van der Waals surface area contributed by atoms with Crippen LogP contribution in [0.3, 0.4) is 0 Å². The summed E-state index contributed by atoms with van der Waals surface area (Å²) in [6.45, 7) is -2.06. The third kappa shape index (κ3) is 3.51. The van der Waals surface area contributed by atoms with Crippen LogP contribution in [0.2, 0.25) is 0 Å². The Hall–Kier alpha value is -0.940. The van der Waals surface area contributed by atoms with Crippen molar-refractivity contribution in [1.82, 2.24) is 5.32 Å². The van der Waals surface area contributed by atoms with E-state index in [0.29, 0.717) is 5.56 Å². The van der Waals surface area contributed by atoms with Gasteiger partial charge in [0.05, 0.1) is 0 Å². The van der Waals surface area contributed by atoms with Crippen molar-refractivity contribution < 1.29 is 17.9 Å². The first-order valence-corrected chi connectivity index (χ1v) is 5.14. The molecule has 1 N–H and O–H groups in total. The molecule has 96 valence electrons. The van der Waals surface area contributed by atoms with E-state index in [1.54, 1.807) is 0 Å². The standard InChI is InChI=1S/C11H12F3NO.ClH/c12-9-4-3-7(16-11(13)14)6-8(9)10-2-1-5-15-10;/h3-4,6,10-11,15H,1-2,5H2;1H/t10-;/m1./s1. The van der Waals surface area contributed by atoms with Gasteiger partial charge in [0.15, 0.2) is 0 Å². The molecule has 1 heterocycles. The Balaban J connectivity index is 0.00000144. The van der Waals surface area contributed by atoms with Gasteiger partial charge in [-0.2, -0.15) is 8.78 Å². The van der Waals surface area contributed by atoms with Crippen LogP contribution in [0, 0.1) is 5.82 Å². The molecule has 17 heavy (non-hydrogen) atoms. The van der Waals surface area contributed by atoms with Gasteiger partial charge in [0.25, 0.3) is 0 Å². The van der Waals surface area contributed by atoms with Gasteiger partial charge in [-0.15, -0.1) is 12.4 Å². The summed E-state index contributed by atoms with van der Waals surface area (Å²) >= 11 is 0. The minimum atomic E-state index is -2.88. The highest BCUT2D eigenvalue weighted by Gasteiger charge is 2.20. The van der Waals surface area contributed by atoms with Crippen LogP contribution in [0.25, 0.3) is 0 Å². The van der Waals surface area contributed by atoms with Gasteiger partial charge in [-0.25, -0.2) is 4.39 Å². The molecular formula is C11H13ClF3NO. The number of rotatable bonds is 3. The number of benzene rings is 1. The van der Waals surface area contributed by atoms with E-state index < -0.39 is 6.61 Å². The second-order valence-electron chi connectivity index (χ2n) is 3.71. The largest absolute Gasteiger partial charge is 0.435 e. The van der Waals surface area contributed by atoms with Crippen LogP contribution in [0.4, 0.5) is 13.2 Å². The first kappa shape index (κ1) is 14.1. The number of ether oxygens (including phenoxy) is 1. The second kappa shape index (κ2) is 6.12. The summed E-state index contributed by atoms with van der Waals surface area (Å²) in [5.74, 6) is -0.388. The Bertz CT molecular complexity index is 370. The van der Waals surface area contributed by atoms with Crippen molar-refractivity contribution in [2.45, 2.75) is 25.5 Å². The van der Waals surface area contributed by atoms with Crippen molar-refractivity contribution in [3.05, 3.63) is 29.6 Å². The van der Waals surface area contributed by atoms with E-state index in [1.807, 2.05) is 0 Å². The quantitative estimate of drug-likeness (QED) is 0.908. The lowest BCUT2D eigenvalue weighted by atomic mass is 10.0. The zero-order chi connectivity index (χ0) is 11.5. The molecule has 0 amide bonds. The molecule has 2 nitrogen and oxygen atoms in total. The van der Waals surface area contributed by atoms with Gasteiger partial charge >= 0.3 is 6.61 Å². The predicted molar refractivity (Wildman–Crippen MR) is 60.3 cm³/mol. The van der Waals surface area contributed by atoms with Crippen molar-refractivity contribution >= 4 is 12.4 Å². The molecule has 2 rings (SSSR count). The maximum atomic E-state index is 13.5. The summed E-state index contributed by atoms with van der Waals surface area (Å²) < 4.78 is 41.7. The number of hydrogen-bond acceptors (Lipinski definition) is 2. The first-order valence-electron chi connectivity index (χ1n) is 5.14. The predicted octanol–water partition coefficient (Wildman–Crippen LogP) is 3.27. The molecule has 1 saturated heterocycles. The van der Waals surface area contributed by atoms with Crippen LogP contribution < -0.4 is 10.1 Å². The minimum absolute atomic E-state index is 0. The topological polar surface area (TPSA) is 21.3 Å². The number of alkyl halides is 2. The van der Waals surface area contributed by atoms with E-state index in [4.69, 9.17) is 0 Å². The maximum absolute atomic E-state index is 13.5. The van der Waals surface area contributed by atoms with E-state index in [0.717, 1.165) is 25.5 Å². The van der Waals surface area contributed by atoms with Crippen molar-refractivity contribution in [3.8, 4) is 5.75 Å². The van der Waals surface area contributed by atoms with Crippen LogP contribution in [-0.2, 0) is 0 Å². The van der Waals surface area contributed by atoms with E-state index >= 15 is 0 Å². The molecule has 1 aromatic rings. The highest BCUT2D eigenvalue weighted by atomic mass is 35.5. The third-order valence-electron chi connectivity index (χ3n) is 2.63. The van der Waals surface area contributed by atoms with Crippen molar-refractivity contribution in [2.24, 2.45) is 0 Å². The zero-order valence-corrected chi connectivity index (χ0v) is 9.77. The molecule has 0 unspecified atom stereocenters. The molecule has 1 atom stereocenters. The van der Waals surface area contributed by atoms with Gasteiger partial charge in [0.1, 0.15) is 11.6 Å². The average Bonchev–Trinajstić information content (AvgIpc) is 2.73. The van der Waals surface area contributed by atoms with Gasteiger partial charge < -0.3 is 10.1 Å². The summed E-state index contributed by atoms with van der Waals surface area (Å²) in [6, 6.07) is 3.61. The third-order valence-corrected chi connectivity index (χ3v) is 2.63. The smallest absolute Gasteiger partial charge is 0.387 e. The van der Waals surface area contributed by atoms with E-state index in [2.05, 4.69) is 10.1 Å². The molecule has 0 saturated carbocycles. The molecule has 1 fully saturated rings. The van der Waals surface area contributed by atoms with Crippen molar-refractivity contribution in [3.63, 3.8) is 0 Å². The molecule has 0 aromatic heterocycles. The molecular weight excluding hydrogens is 255 g/mol. The highest BCUT2D eigenvalue weighted by Crippen LogP contribution is 2.28. The molecule has 6 heteroatoms. The Morgan fingerprint density at radius 2 is 2.12 bits per heavy atom. The van der Waals surface area contributed by atoms with Crippen molar-refractivity contribution in [2.75, 3.05) is 6.54 Å². The van der Waals surface area contributed by atoms with Crippen LogP contribution in [0.15, 0.2) is 18.2 Å². The van der Waals surface area contributed by atoms with E-state index in [1.165, 1.54) is 12.1 Å². The SMILES string of the molecule is Cl.Fc1ccc(OC(F)F)cc1[C@H]1CCCN1. The monoisotopic (exact) mass is 267 g/mol. The lowest BCUT2D eigenvalue weighted by Gasteiger charge is -2.13. The summed E-state index contributed by atoms with van der Waals surface area (Å²) in [6.07, 6.45) is 1.78. The lowest BCUT2D eigenvalue weighted by molar-refractivity contribution is -0.0499. The Kier molecular flexibility index (Phi) is 5.08. The molecule has 0 spiro atoms. The summed E-state index contributed by atoms with van der Waals surface area (Å²) in [7, 11) is 0. The summed E-state index contributed by atoms with van der Waals surface area (Å²) in [5.41, 5.74) is 0.399. The van der Waals surface area contributed by atoms with Gasteiger partial charge in [-0.3, -0.25) is 0 Å². The van der Waals surface area contributed by atoms with E-state index in [9.17, 15) is 13.2 Å². The zero-order valence-electron chi connectivity index (χ0n) is 8.96. The Labute approximate surface area is 104 Å². The molecule has 1 aliphatic heterocycles. The van der Waals surface area contributed by atoms with Gasteiger partial charge in [-0.05, 0) is 37.6 Å². The number of halogens is 4.